The Morgan fingerprint density at radius 1 is 1.17 bits per heavy atom. The van der Waals surface area contributed by atoms with Crippen LogP contribution in [-0.4, -0.2) is 35.8 Å². The molecule has 2 aromatic carbocycles. The maximum Gasteiger partial charge on any atom is 0.305 e. The van der Waals surface area contributed by atoms with Crippen LogP contribution in [0.25, 0.3) is 0 Å². The predicted molar refractivity (Wildman–Crippen MR) is 114 cm³/mol. The summed E-state index contributed by atoms with van der Waals surface area (Å²) in [6.45, 7) is 0.552. The molecule has 1 unspecified atom stereocenters. The summed E-state index contributed by atoms with van der Waals surface area (Å²) in [5.74, 6) is -0.829. The topological polar surface area (TPSA) is 98.9 Å². The molecule has 1 heterocycles. The first-order valence-electron chi connectivity index (χ1n) is 9.50. The quantitative estimate of drug-likeness (QED) is 0.444. The van der Waals surface area contributed by atoms with E-state index in [1.807, 2.05) is 24.3 Å². The molecule has 0 saturated carbocycles. The van der Waals surface area contributed by atoms with Gasteiger partial charge in [-0.1, -0.05) is 46.3 Å². The molecule has 0 radical (unpaired) electrons. The molecule has 0 fully saturated rings. The zero-order chi connectivity index (χ0) is 21.7. The Balaban J connectivity index is 1.75. The first-order valence-corrected chi connectivity index (χ1v) is 10.6. The van der Waals surface area contributed by atoms with Crippen molar-refractivity contribution in [3.8, 4) is 5.75 Å². The number of primary amides is 1. The Labute approximate surface area is 183 Å². The molecule has 2 N–H and O–H groups in total. The van der Waals surface area contributed by atoms with Crippen LogP contribution in [0.15, 0.2) is 42.5 Å². The lowest BCUT2D eigenvalue weighted by molar-refractivity contribution is -0.141. The van der Waals surface area contributed by atoms with Gasteiger partial charge in [0.2, 0.25) is 5.91 Å². The molecule has 0 saturated heterocycles. The van der Waals surface area contributed by atoms with Crippen molar-refractivity contribution in [2.75, 3.05) is 7.11 Å². The Bertz CT molecular complexity index is 945. The number of halogens is 1. The van der Waals surface area contributed by atoms with E-state index in [0.29, 0.717) is 23.5 Å². The second-order valence-electron chi connectivity index (χ2n) is 6.99. The second-order valence-corrected chi connectivity index (χ2v) is 7.55. The highest BCUT2D eigenvalue weighted by Crippen LogP contribution is 2.33. The maximum absolute atomic E-state index is 12.9. The van der Waals surface area contributed by atoms with Gasteiger partial charge in [-0.15, -0.1) is 0 Å². The summed E-state index contributed by atoms with van der Waals surface area (Å²) in [6.07, 6.45) is 0.107. The highest BCUT2D eigenvalue weighted by molar-refractivity contribution is 9.08. The number of carbonyl (C=O) groups is 3. The van der Waals surface area contributed by atoms with Gasteiger partial charge in [0.25, 0.3) is 5.91 Å². The number of hydrogen-bond donors (Lipinski definition) is 1. The minimum absolute atomic E-state index is 0.00200. The van der Waals surface area contributed by atoms with Gasteiger partial charge in [0.1, 0.15) is 18.4 Å². The number of carbonyl (C=O) groups excluding carboxylic acids is 3. The molecule has 2 aromatic rings. The molecule has 158 valence electrons. The molecule has 0 aliphatic carbocycles. The summed E-state index contributed by atoms with van der Waals surface area (Å²) in [7, 11) is 1.27. The number of hydrogen-bond acceptors (Lipinski definition) is 5. The van der Waals surface area contributed by atoms with Gasteiger partial charge in [0.05, 0.1) is 13.7 Å². The maximum atomic E-state index is 12.9. The summed E-state index contributed by atoms with van der Waals surface area (Å²) in [5, 5.41) is 0.787. The van der Waals surface area contributed by atoms with Crippen LogP contribution in [-0.2, 0) is 32.8 Å². The number of esters is 1. The van der Waals surface area contributed by atoms with E-state index in [4.69, 9.17) is 10.5 Å². The fraction of sp³-hybridized carbons (Fsp3) is 0.318. The molecule has 1 aliphatic rings. The number of benzene rings is 2. The lowest BCUT2D eigenvalue weighted by atomic mass is 10.1. The van der Waals surface area contributed by atoms with Gasteiger partial charge >= 0.3 is 5.97 Å². The lowest BCUT2D eigenvalue weighted by Crippen LogP contribution is -2.45. The summed E-state index contributed by atoms with van der Waals surface area (Å²) in [5.41, 5.74) is 8.89. The summed E-state index contributed by atoms with van der Waals surface area (Å²) in [6, 6.07) is 12.4. The van der Waals surface area contributed by atoms with Crippen molar-refractivity contribution in [1.82, 2.24) is 4.90 Å². The van der Waals surface area contributed by atoms with E-state index >= 15 is 0 Å². The summed E-state index contributed by atoms with van der Waals surface area (Å²) < 4.78 is 10.6. The third kappa shape index (κ3) is 4.81. The van der Waals surface area contributed by atoms with E-state index in [9.17, 15) is 14.4 Å². The number of alkyl halides is 1. The first-order chi connectivity index (χ1) is 14.4. The zero-order valence-corrected chi connectivity index (χ0v) is 18.2. The van der Waals surface area contributed by atoms with Crippen LogP contribution >= 0.6 is 15.9 Å². The van der Waals surface area contributed by atoms with Crippen LogP contribution in [0.2, 0.25) is 0 Å². The standard InChI is InChI=1S/C22H23BrN2O5/c1-29-20(26)10-9-18(21(24)27)25-12-17-16(22(25)28)3-2-4-19(17)30-13-15-7-5-14(11-23)6-8-15/h2-8,18H,9-13H2,1H3,(H2,24,27). The minimum atomic E-state index is -0.895. The third-order valence-electron chi connectivity index (χ3n) is 5.08. The zero-order valence-electron chi connectivity index (χ0n) is 16.6. The van der Waals surface area contributed by atoms with Crippen LogP contribution in [0.4, 0.5) is 0 Å². The number of methoxy groups -OCH3 is 1. The van der Waals surface area contributed by atoms with E-state index in [2.05, 4.69) is 20.7 Å². The van der Waals surface area contributed by atoms with Crippen molar-refractivity contribution in [3.05, 3.63) is 64.7 Å². The molecule has 0 aromatic heterocycles. The molecule has 3 rings (SSSR count). The molecule has 8 heteroatoms. The molecule has 30 heavy (non-hydrogen) atoms. The fourth-order valence-electron chi connectivity index (χ4n) is 3.41. The Morgan fingerprint density at radius 2 is 1.87 bits per heavy atom. The van der Waals surface area contributed by atoms with Crippen molar-refractivity contribution < 1.29 is 23.9 Å². The molecular weight excluding hydrogens is 452 g/mol. The number of amides is 2. The monoisotopic (exact) mass is 474 g/mol. The Hall–Kier alpha value is -2.87. The van der Waals surface area contributed by atoms with E-state index in [1.165, 1.54) is 17.6 Å². The SMILES string of the molecule is COC(=O)CCC(C(N)=O)N1Cc2c(OCc3ccc(CBr)cc3)cccc2C1=O. The lowest BCUT2D eigenvalue weighted by Gasteiger charge is -2.24. The number of ether oxygens (including phenoxy) is 2. The van der Waals surface area contributed by atoms with Crippen molar-refractivity contribution in [2.24, 2.45) is 5.73 Å². The van der Waals surface area contributed by atoms with Crippen molar-refractivity contribution in [2.45, 2.75) is 37.4 Å². The molecule has 0 bridgehead atoms. The highest BCUT2D eigenvalue weighted by atomic mass is 79.9. The molecule has 7 nitrogen and oxygen atoms in total. The average molecular weight is 475 g/mol. The normalized spacial score (nSPS) is 13.7. The van der Waals surface area contributed by atoms with Gasteiger partial charge in [-0.3, -0.25) is 14.4 Å². The number of nitrogens with zero attached hydrogens (tertiary/aromatic N) is 1. The summed E-state index contributed by atoms with van der Waals surface area (Å²) >= 11 is 3.42. The molecular formula is C22H23BrN2O5. The number of nitrogens with two attached hydrogens (primary N) is 1. The van der Waals surface area contributed by atoms with Gasteiger partial charge in [-0.05, 0) is 29.7 Å². The van der Waals surface area contributed by atoms with E-state index in [-0.39, 0.29) is 25.3 Å². The average Bonchev–Trinajstić information content (AvgIpc) is 3.09. The minimum Gasteiger partial charge on any atom is -0.489 e. The second kappa shape index (κ2) is 9.75. The Kier molecular flexibility index (Phi) is 7.10. The Morgan fingerprint density at radius 3 is 2.50 bits per heavy atom. The van der Waals surface area contributed by atoms with Crippen molar-refractivity contribution in [3.63, 3.8) is 0 Å². The van der Waals surface area contributed by atoms with E-state index in [1.54, 1.807) is 18.2 Å². The fourth-order valence-corrected chi connectivity index (χ4v) is 3.78. The number of fused-ring (bicyclic) bond motifs is 1. The largest absolute Gasteiger partial charge is 0.489 e. The van der Waals surface area contributed by atoms with Crippen LogP contribution < -0.4 is 10.5 Å². The van der Waals surface area contributed by atoms with Crippen LogP contribution in [0.1, 0.15) is 39.9 Å². The van der Waals surface area contributed by atoms with E-state index < -0.39 is 17.9 Å². The van der Waals surface area contributed by atoms with Gasteiger partial charge in [-0.25, -0.2) is 0 Å². The van der Waals surface area contributed by atoms with Crippen LogP contribution in [0, 0.1) is 0 Å². The predicted octanol–water partition coefficient (Wildman–Crippen LogP) is 2.92. The van der Waals surface area contributed by atoms with Gasteiger partial charge in [0.15, 0.2) is 0 Å². The van der Waals surface area contributed by atoms with Gasteiger partial charge in [-0.2, -0.15) is 0 Å². The van der Waals surface area contributed by atoms with E-state index in [0.717, 1.165) is 10.9 Å². The van der Waals surface area contributed by atoms with Crippen molar-refractivity contribution in [1.29, 1.82) is 0 Å². The molecule has 1 aliphatic heterocycles. The molecule has 1 atom stereocenters. The van der Waals surface area contributed by atoms with Crippen molar-refractivity contribution >= 4 is 33.7 Å². The summed E-state index contributed by atoms with van der Waals surface area (Å²) in [4.78, 5) is 37.7. The van der Waals surface area contributed by atoms with Crippen LogP contribution in [0.3, 0.4) is 0 Å². The first kappa shape index (κ1) is 21.8. The van der Waals surface area contributed by atoms with Gasteiger partial charge in [0, 0.05) is 22.9 Å². The van der Waals surface area contributed by atoms with Crippen LogP contribution in [0.5, 0.6) is 5.75 Å². The molecule has 2 amide bonds. The number of rotatable bonds is 9. The highest BCUT2D eigenvalue weighted by Gasteiger charge is 2.37. The van der Waals surface area contributed by atoms with Gasteiger partial charge < -0.3 is 20.1 Å². The smallest absolute Gasteiger partial charge is 0.305 e. The third-order valence-corrected chi connectivity index (χ3v) is 5.73. The molecule has 0 spiro atoms.